The first-order chi connectivity index (χ1) is 9.10. The van der Waals surface area contributed by atoms with Crippen LogP contribution in [0, 0.1) is 11.6 Å². The molecule has 104 valence electrons. The fraction of sp³-hybridized carbons (Fsp3) is 0.462. The molecule has 0 N–H and O–H groups in total. The fourth-order valence-corrected chi connectivity index (χ4v) is 2.03. The summed E-state index contributed by atoms with van der Waals surface area (Å²) in [5, 5.41) is 0. The Kier molecular flexibility index (Phi) is 4.44. The molecule has 2 rings (SSSR count). The number of benzene rings is 1. The predicted molar refractivity (Wildman–Crippen MR) is 63.4 cm³/mol. The van der Waals surface area contributed by atoms with Crippen molar-refractivity contribution in [2.45, 2.75) is 12.6 Å². The van der Waals surface area contributed by atoms with Crippen molar-refractivity contribution in [1.82, 2.24) is 4.90 Å². The third-order valence-corrected chi connectivity index (χ3v) is 3.02. The second-order valence-electron chi connectivity index (χ2n) is 4.35. The third kappa shape index (κ3) is 3.48. The second-order valence-corrected chi connectivity index (χ2v) is 4.35. The molecule has 1 aliphatic heterocycles. The Morgan fingerprint density at radius 3 is 3.05 bits per heavy atom. The molecule has 1 unspecified atom stereocenters. The van der Waals surface area contributed by atoms with E-state index < -0.39 is 23.7 Å². The first kappa shape index (κ1) is 13.9. The molecule has 0 aromatic heterocycles. The molecule has 0 amide bonds. The Morgan fingerprint density at radius 2 is 2.32 bits per heavy atom. The number of morpholine rings is 1. The molecular weight excluding hydrogens is 256 g/mol. The lowest BCUT2D eigenvalue weighted by Crippen LogP contribution is -2.46. The fourth-order valence-electron chi connectivity index (χ4n) is 2.03. The molecule has 1 aliphatic rings. The summed E-state index contributed by atoms with van der Waals surface area (Å²) >= 11 is 0. The zero-order valence-corrected chi connectivity index (χ0v) is 10.6. The van der Waals surface area contributed by atoms with E-state index in [1.54, 1.807) is 0 Å². The van der Waals surface area contributed by atoms with Gasteiger partial charge in [-0.3, -0.25) is 4.90 Å². The highest BCUT2D eigenvalue weighted by atomic mass is 19.1. The first-order valence-corrected chi connectivity index (χ1v) is 5.96. The number of nitrogens with zero attached hydrogens (tertiary/aromatic N) is 1. The van der Waals surface area contributed by atoms with E-state index >= 15 is 0 Å². The maximum atomic E-state index is 13.5. The van der Waals surface area contributed by atoms with Crippen LogP contribution in [0.1, 0.15) is 5.56 Å². The average molecular weight is 271 g/mol. The van der Waals surface area contributed by atoms with Crippen LogP contribution in [0.4, 0.5) is 8.78 Å². The lowest BCUT2D eigenvalue weighted by Gasteiger charge is -2.31. The second kappa shape index (κ2) is 6.08. The number of methoxy groups -OCH3 is 1. The molecule has 1 fully saturated rings. The van der Waals surface area contributed by atoms with Gasteiger partial charge in [0.05, 0.1) is 13.7 Å². The van der Waals surface area contributed by atoms with Gasteiger partial charge in [0.15, 0.2) is 6.10 Å². The smallest absolute Gasteiger partial charge is 0.336 e. The molecule has 4 nitrogen and oxygen atoms in total. The molecule has 6 heteroatoms. The van der Waals surface area contributed by atoms with Crippen molar-refractivity contribution in [2.75, 3.05) is 26.8 Å². The minimum atomic E-state index is -0.671. The molecule has 0 aliphatic carbocycles. The summed E-state index contributed by atoms with van der Waals surface area (Å²) in [6, 6.07) is 3.34. The van der Waals surface area contributed by atoms with Gasteiger partial charge in [-0.2, -0.15) is 0 Å². The zero-order chi connectivity index (χ0) is 13.8. The molecule has 19 heavy (non-hydrogen) atoms. The quantitative estimate of drug-likeness (QED) is 0.778. The van der Waals surface area contributed by atoms with Crippen LogP contribution in [-0.2, 0) is 20.8 Å². The number of halogens is 2. The maximum Gasteiger partial charge on any atom is 0.336 e. The number of rotatable bonds is 3. The molecule has 0 radical (unpaired) electrons. The SMILES string of the molecule is COC(=O)C1CN(Cc2cc(F)ccc2F)CCO1. The van der Waals surface area contributed by atoms with E-state index in [9.17, 15) is 13.6 Å². The summed E-state index contributed by atoms with van der Waals surface area (Å²) in [6.07, 6.45) is -0.671. The van der Waals surface area contributed by atoms with Gasteiger partial charge >= 0.3 is 5.97 Å². The standard InChI is InChI=1S/C13H15F2NO3/c1-18-13(17)12-8-16(4-5-19-12)7-9-6-10(14)2-3-11(9)15/h2-3,6,12H,4-5,7-8H2,1H3. The molecule has 0 bridgehead atoms. The lowest BCUT2D eigenvalue weighted by atomic mass is 10.1. The van der Waals surface area contributed by atoms with Crippen molar-refractivity contribution >= 4 is 5.97 Å². The number of hydrogen-bond donors (Lipinski definition) is 0. The normalized spacial score (nSPS) is 20.3. The van der Waals surface area contributed by atoms with Crippen molar-refractivity contribution in [3.63, 3.8) is 0 Å². The zero-order valence-electron chi connectivity index (χ0n) is 10.6. The monoisotopic (exact) mass is 271 g/mol. The summed E-state index contributed by atoms with van der Waals surface area (Å²) in [5.41, 5.74) is 0.269. The van der Waals surface area contributed by atoms with Gasteiger partial charge in [-0.25, -0.2) is 13.6 Å². The van der Waals surface area contributed by atoms with Crippen LogP contribution in [0.5, 0.6) is 0 Å². The van der Waals surface area contributed by atoms with Crippen LogP contribution in [0.15, 0.2) is 18.2 Å². The number of ether oxygens (including phenoxy) is 2. The van der Waals surface area contributed by atoms with E-state index in [1.165, 1.54) is 7.11 Å². The van der Waals surface area contributed by atoms with Crippen LogP contribution in [0.2, 0.25) is 0 Å². The minimum Gasteiger partial charge on any atom is -0.467 e. The van der Waals surface area contributed by atoms with Gasteiger partial charge < -0.3 is 9.47 Å². The number of esters is 1. The van der Waals surface area contributed by atoms with Gasteiger partial charge in [-0.15, -0.1) is 0 Å². The van der Waals surface area contributed by atoms with Crippen LogP contribution in [0.25, 0.3) is 0 Å². The Labute approximate surface area is 109 Å². The highest BCUT2D eigenvalue weighted by molar-refractivity contribution is 5.74. The van der Waals surface area contributed by atoms with Crippen molar-refractivity contribution in [3.05, 3.63) is 35.4 Å². The molecule has 1 aromatic rings. The van der Waals surface area contributed by atoms with Crippen molar-refractivity contribution < 1.29 is 23.0 Å². The Bertz CT molecular complexity index is 467. The molecule has 0 spiro atoms. The topological polar surface area (TPSA) is 38.8 Å². The van der Waals surface area contributed by atoms with Gasteiger partial charge in [0.2, 0.25) is 0 Å². The van der Waals surface area contributed by atoms with Gasteiger partial charge in [-0.1, -0.05) is 0 Å². The molecule has 1 heterocycles. The van der Waals surface area contributed by atoms with Gasteiger partial charge in [-0.05, 0) is 18.2 Å². The van der Waals surface area contributed by atoms with E-state index in [2.05, 4.69) is 4.74 Å². The Balaban J connectivity index is 2.02. The van der Waals surface area contributed by atoms with Crippen LogP contribution < -0.4 is 0 Å². The summed E-state index contributed by atoms with van der Waals surface area (Å²) in [6.45, 7) is 1.46. The summed E-state index contributed by atoms with van der Waals surface area (Å²) in [4.78, 5) is 13.2. The van der Waals surface area contributed by atoms with Crippen molar-refractivity contribution in [3.8, 4) is 0 Å². The lowest BCUT2D eigenvalue weighted by molar-refractivity contribution is -0.160. The molecule has 1 saturated heterocycles. The Hall–Kier alpha value is -1.53. The maximum absolute atomic E-state index is 13.5. The van der Waals surface area contributed by atoms with Crippen LogP contribution in [-0.4, -0.2) is 43.8 Å². The van der Waals surface area contributed by atoms with E-state index in [0.29, 0.717) is 19.7 Å². The average Bonchev–Trinajstić information content (AvgIpc) is 2.42. The van der Waals surface area contributed by atoms with Gasteiger partial charge in [0.1, 0.15) is 11.6 Å². The first-order valence-electron chi connectivity index (χ1n) is 5.96. The number of carbonyl (C=O) groups excluding carboxylic acids is 1. The third-order valence-electron chi connectivity index (χ3n) is 3.02. The molecule has 1 atom stereocenters. The Morgan fingerprint density at radius 1 is 1.53 bits per heavy atom. The van der Waals surface area contributed by atoms with Crippen molar-refractivity contribution in [2.24, 2.45) is 0 Å². The minimum absolute atomic E-state index is 0.237. The van der Waals surface area contributed by atoms with E-state index in [-0.39, 0.29) is 12.1 Å². The number of hydrogen-bond acceptors (Lipinski definition) is 4. The van der Waals surface area contributed by atoms with E-state index in [1.807, 2.05) is 4.90 Å². The summed E-state index contributed by atoms with van der Waals surface area (Å²) in [5.74, 6) is -1.39. The molecule has 1 aromatic carbocycles. The summed E-state index contributed by atoms with van der Waals surface area (Å²) < 4.78 is 36.5. The van der Waals surface area contributed by atoms with Gasteiger partial charge in [0.25, 0.3) is 0 Å². The largest absolute Gasteiger partial charge is 0.467 e. The van der Waals surface area contributed by atoms with Crippen molar-refractivity contribution in [1.29, 1.82) is 0 Å². The molecular formula is C13H15F2NO3. The van der Waals surface area contributed by atoms with Crippen LogP contribution in [0.3, 0.4) is 0 Å². The van der Waals surface area contributed by atoms with E-state index in [0.717, 1.165) is 18.2 Å². The molecule has 0 saturated carbocycles. The highest BCUT2D eigenvalue weighted by Gasteiger charge is 2.27. The summed E-state index contributed by atoms with van der Waals surface area (Å²) in [7, 11) is 1.29. The highest BCUT2D eigenvalue weighted by Crippen LogP contribution is 2.15. The predicted octanol–water partition coefficient (Wildman–Crippen LogP) is 1.34. The van der Waals surface area contributed by atoms with Crippen LogP contribution >= 0.6 is 0 Å². The van der Waals surface area contributed by atoms with E-state index in [4.69, 9.17) is 4.74 Å². The number of carbonyl (C=O) groups is 1. The van der Waals surface area contributed by atoms with Gasteiger partial charge in [0, 0.05) is 25.2 Å².